The summed E-state index contributed by atoms with van der Waals surface area (Å²) in [6.45, 7) is 1.16. The van der Waals surface area contributed by atoms with Crippen molar-refractivity contribution >= 4 is 22.9 Å². The third-order valence-electron chi connectivity index (χ3n) is 3.33. The van der Waals surface area contributed by atoms with Gasteiger partial charge >= 0.3 is 0 Å². The highest BCUT2D eigenvalue weighted by molar-refractivity contribution is 5.96. The Morgan fingerprint density at radius 3 is 3.00 bits per heavy atom. The lowest BCUT2D eigenvalue weighted by atomic mass is 10.1. The molecule has 0 aliphatic carbocycles. The van der Waals surface area contributed by atoms with Crippen LogP contribution in [0, 0.1) is 11.3 Å². The van der Waals surface area contributed by atoms with Gasteiger partial charge in [-0.25, -0.2) is 0 Å². The first-order valence-corrected chi connectivity index (χ1v) is 7.28. The third kappa shape index (κ3) is 3.96. The lowest BCUT2D eigenvalue weighted by Gasteiger charge is -2.00. The van der Waals surface area contributed by atoms with E-state index < -0.39 is 0 Å². The Morgan fingerprint density at radius 2 is 2.23 bits per heavy atom. The normalized spacial score (nSPS) is 10.9. The highest BCUT2D eigenvalue weighted by Gasteiger charge is 2.06. The summed E-state index contributed by atoms with van der Waals surface area (Å²) in [6.07, 6.45) is 6.23. The Labute approximate surface area is 129 Å². The van der Waals surface area contributed by atoms with Gasteiger partial charge in [-0.2, -0.15) is 5.26 Å². The summed E-state index contributed by atoms with van der Waals surface area (Å²) in [4.78, 5) is 11.7. The van der Waals surface area contributed by atoms with Gasteiger partial charge in [0.2, 0.25) is 5.91 Å². The van der Waals surface area contributed by atoms with E-state index in [-0.39, 0.29) is 12.5 Å². The first-order valence-electron chi connectivity index (χ1n) is 7.28. The second kappa shape index (κ2) is 8.01. The maximum atomic E-state index is 11.7. The smallest absolute Gasteiger partial charge is 0.244 e. The van der Waals surface area contributed by atoms with Crippen LogP contribution in [0.5, 0.6) is 0 Å². The zero-order chi connectivity index (χ0) is 15.8. The number of aliphatic hydroxyl groups excluding tert-OH is 1. The van der Waals surface area contributed by atoms with Crippen LogP contribution < -0.4 is 5.32 Å². The fourth-order valence-corrected chi connectivity index (χ4v) is 2.28. The number of aryl methyl sites for hydroxylation is 1. The van der Waals surface area contributed by atoms with Crippen molar-refractivity contribution in [1.82, 2.24) is 9.88 Å². The fourth-order valence-electron chi connectivity index (χ4n) is 2.28. The molecule has 1 aromatic carbocycles. The molecule has 0 atom stereocenters. The van der Waals surface area contributed by atoms with Gasteiger partial charge < -0.3 is 15.0 Å². The summed E-state index contributed by atoms with van der Waals surface area (Å²) in [6, 6.07) is 10.1. The van der Waals surface area contributed by atoms with Crippen LogP contribution in [0.15, 0.2) is 36.5 Å². The monoisotopic (exact) mass is 297 g/mol. The molecule has 0 saturated heterocycles. The molecule has 0 radical (unpaired) electrons. The van der Waals surface area contributed by atoms with Gasteiger partial charge in [-0.3, -0.25) is 4.79 Å². The lowest BCUT2D eigenvalue weighted by molar-refractivity contribution is -0.116. The number of hydrogen-bond donors (Lipinski definition) is 2. The molecule has 1 amide bonds. The Kier molecular flexibility index (Phi) is 5.75. The zero-order valence-electron chi connectivity index (χ0n) is 12.3. The molecule has 0 aliphatic heterocycles. The largest absolute Gasteiger partial charge is 0.396 e. The van der Waals surface area contributed by atoms with Crippen molar-refractivity contribution in [3.05, 3.63) is 42.1 Å². The summed E-state index contributed by atoms with van der Waals surface area (Å²) in [7, 11) is 0. The van der Waals surface area contributed by atoms with E-state index in [1.807, 2.05) is 35.0 Å². The van der Waals surface area contributed by atoms with Crippen molar-refractivity contribution in [2.45, 2.75) is 19.4 Å². The molecular formula is C17H19N3O2. The Morgan fingerprint density at radius 1 is 1.41 bits per heavy atom. The van der Waals surface area contributed by atoms with Crippen molar-refractivity contribution in [1.29, 1.82) is 5.26 Å². The highest BCUT2D eigenvalue weighted by Crippen LogP contribution is 2.22. The van der Waals surface area contributed by atoms with Gasteiger partial charge in [-0.15, -0.1) is 0 Å². The number of rotatable bonds is 7. The number of nitriles is 1. The summed E-state index contributed by atoms with van der Waals surface area (Å²) < 4.78 is 2.03. The maximum Gasteiger partial charge on any atom is 0.244 e. The molecular weight excluding hydrogens is 278 g/mol. The molecule has 0 fully saturated rings. The summed E-state index contributed by atoms with van der Waals surface area (Å²) in [5, 5.41) is 21.2. The molecule has 0 saturated carbocycles. The number of nitrogens with one attached hydrogen (secondary N) is 1. The zero-order valence-corrected chi connectivity index (χ0v) is 12.3. The van der Waals surface area contributed by atoms with Crippen LogP contribution in [0.4, 0.5) is 0 Å². The molecule has 5 nitrogen and oxygen atoms in total. The number of carbonyl (C=O) groups is 1. The molecule has 5 heteroatoms. The second-order valence-electron chi connectivity index (χ2n) is 4.90. The number of nitrogens with zero attached hydrogens (tertiary/aromatic N) is 2. The second-order valence-corrected chi connectivity index (χ2v) is 4.90. The average Bonchev–Trinajstić information content (AvgIpc) is 2.89. The van der Waals surface area contributed by atoms with E-state index in [0.29, 0.717) is 25.9 Å². The average molecular weight is 297 g/mol. The van der Waals surface area contributed by atoms with Gasteiger partial charge in [0.05, 0.1) is 12.5 Å². The van der Waals surface area contributed by atoms with Crippen molar-refractivity contribution in [3.63, 3.8) is 0 Å². The highest BCUT2D eigenvalue weighted by atomic mass is 16.3. The number of carbonyl (C=O) groups excluding carboxylic acids is 1. The molecule has 1 aromatic heterocycles. The standard InChI is InChI=1S/C17H19N3O2/c18-9-3-11-20-13-14(15-5-1-2-6-16(15)20)7-8-17(22)19-10-4-12-21/h1-2,5-8,13,21H,3-4,10-12H2,(H,19,22)/b8-7+. The number of aromatic nitrogens is 1. The van der Waals surface area contributed by atoms with Gasteiger partial charge in [0.1, 0.15) is 0 Å². The minimum absolute atomic E-state index is 0.0658. The summed E-state index contributed by atoms with van der Waals surface area (Å²) in [5.41, 5.74) is 2.00. The van der Waals surface area contributed by atoms with Crippen LogP contribution in [0.3, 0.4) is 0 Å². The van der Waals surface area contributed by atoms with E-state index in [4.69, 9.17) is 10.4 Å². The van der Waals surface area contributed by atoms with Crippen molar-refractivity contribution in [2.75, 3.05) is 13.2 Å². The van der Waals surface area contributed by atoms with Crippen LogP contribution >= 0.6 is 0 Å². The number of aliphatic hydroxyl groups is 1. The Hall–Kier alpha value is -2.58. The van der Waals surface area contributed by atoms with Crippen LogP contribution in [0.25, 0.3) is 17.0 Å². The van der Waals surface area contributed by atoms with E-state index >= 15 is 0 Å². The quantitative estimate of drug-likeness (QED) is 0.606. The van der Waals surface area contributed by atoms with Gasteiger partial charge in [0.15, 0.2) is 0 Å². The molecule has 1 heterocycles. The number of amides is 1. The first kappa shape index (κ1) is 15.8. The molecule has 0 bridgehead atoms. The van der Waals surface area contributed by atoms with Crippen molar-refractivity contribution in [2.24, 2.45) is 0 Å². The first-order chi connectivity index (χ1) is 10.8. The molecule has 2 rings (SSSR count). The van der Waals surface area contributed by atoms with Gasteiger partial charge in [-0.05, 0) is 18.6 Å². The van der Waals surface area contributed by atoms with E-state index in [0.717, 1.165) is 16.5 Å². The van der Waals surface area contributed by atoms with Crippen LogP contribution in [-0.4, -0.2) is 28.7 Å². The van der Waals surface area contributed by atoms with Crippen molar-refractivity contribution in [3.8, 4) is 6.07 Å². The lowest BCUT2D eigenvalue weighted by Crippen LogP contribution is -2.22. The van der Waals surface area contributed by atoms with E-state index in [9.17, 15) is 4.79 Å². The minimum Gasteiger partial charge on any atom is -0.396 e. The topological polar surface area (TPSA) is 78.0 Å². The summed E-state index contributed by atoms with van der Waals surface area (Å²) >= 11 is 0. The number of benzene rings is 1. The van der Waals surface area contributed by atoms with Crippen LogP contribution in [-0.2, 0) is 11.3 Å². The van der Waals surface area contributed by atoms with Gasteiger partial charge in [0.25, 0.3) is 0 Å². The predicted molar refractivity (Wildman–Crippen MR) is 85.9 cm³/mol. The predicted octanol–water partition coefficient (Wildman–Crippen LogP) is 2.07. The van der Waals surface area contributed by atoms with Crippen LogP contribution in [0.1, 0.15) is 18.4 Å². The minimum atomic E-state index is -0.178. The number of hydrogen-bond acceptors (Lipinski definition) is 3. The van der Waals surface area contributed by atoms with Crippen molar-refractivity contribution < 1.29 is 9.90 Å². The summed E-state index contributed by atoms with van der Waals surface area (Å²) in [5.74, 6) is -0.178. The van der Waals surface area contributed by atoms with E-state index in [2.05, 4.69) is 11.4 Å². The molecule has 2 aromatic rings. The fraction of sp³-hybridized carbons (Fsp3) is 0.294. The van der Waals surface area contributed by atoms with E-state index in [1.54, 1.807) is 6.08 Å². The number of para-hydroxylation sites is 1. The van der Waals surface area contributed by atoms with E-state index in [1.165, 1.54) is 6.08 Å². The third-order valence-corrected chi connectivity index (χ3v) is 3.33. The molecule has 0 spiro atoms. The molecule has 2 N–H and O–H groups in total. The molecule has 114 valence electrons. The van der Waals surface area contributed by atoms with Gasteiger partial charge in [-0.1, -0.05) is 18.2 Å². The Bertz CT molecular complexity index is 710. The molecule has 0 unspecified atom stereocenters. The van der Waals surface area contributed by atoms with Crippen LogP contribution in [0.2, 0.25) is 0 Å². The molecule has 22 heavy (non-hydrogen) atoms. The Balaban J connectivity index is 2.17. The number of fused-ring (bicyclic) bond motifs is 1. The SMILES string of the molecule is N#CCCn1cc(/C=C/C(=O)NCCCO)c2ccccc21. The molecule has 0 aliphatic rings. The maximum absolute atomic E-state index is 11.7. The van der Waals surface area contributed by atoms with Gasteiger partial charge in [0, 0.05) is 48.4 Å².